The summed E-state index contributed by atoms with van der Waals surface area (Å²) in [4.78, 5) is 38.4. The van der Waals surface area contributed by atoms with Crippen LogP contribution in [0.2, 0.25) is 0 Å². The minimum absolute atomic E-state index is 0.204. The van der Waals surface area contributed by atoms with E-state index >= 15 is 0 Å². The number of benzene rings is 2. The number of anilines is 1. The monoisotopic (exact) mass is 420 g/mol. The zero-order valence-corrected chi connectivity index (χ0v) is 17.0. The van der Waals surface area contributed by atoms with Crippen LogP contribution in [0, 0.1) is 5.82 Å². The lowest BCUT2D eigenvalue weighted by molar-refractivity contribution is -0.136. The van der Waals surface area contributed by atoms with Crippen LogP contribution in [0.3, 0.4) is 0 Å². The zero-order chi connectivity index (χ0) is 21.4. The van der Waals surface area contributed by atoms with Crippen molar-refractivity contribution in [3.05, 3.63) is 53.8 Å². The second-order valence-corrected chi connectivity index (χ2v) is 6.83. The van der Waals surface area contributed by atoms with Gasteiger partial charge in [0.2, 0.25) is 5.91 Å². The van der Waals surface area contributed by atoms with Crippen LogP contribution in [-0.2, 0) is 14.3 Å². The van der Waals surface area contributed by atoms with Gasteiger partial charge in [-0.1, -0.05) is 0 Å². The fraction of sp³-hybridized carbons (Fsp3) is 0.250. The predicted octanol–water partition coefficient (Wildman–Crippen LogP) is 2.81. The third kappa shape index (κ3) is 6.49. The average molecular weight is 420 g/mol. The largest absolute Gasteiger partial charge is 0.496 e. The second-order valence-electron chi connectivity index (χ2n) is 5.95. The van der Waals surface area contributed by atoms with E-state index < -0.39 is 30.2 Å². The van der Waals surface area contributed by atoms with Crippen LogP contribution in [0.15, 0.2) is 47.4 Å². The molecular weight excluding hydrogens is 399 g/mol. The van der Waals surface area contributed by atoms with E-state index in [-0.39, 0.29) is 12.1 Å². The molecule has 0 fully saturated rings. The predicted molar refractivity (Wildman–Crippen MR) is 108 cm³/mol. The number of nitrogens with one attached hydrogen (secondary N) is 1. The smallest absolute Gasteiger partial charge is 0.342 e. The van der Waals surface area contributed by atoms with Gasteiger partial charge in [-0.3, -0.25) is 9.59 Å². The molecule has 0 bridgehead atoms. The molecule has 0 saturated carbocycles. The number of methoxy groups -OCH3 is 1. The Morgan fingerprint density at radius 2 is 1.83 bits per heavy atom. The minimum atomic E-state index is -0.702. The number of hydrogen-bond donors (Lipinski definition) is 1. The quantitative estimate of drug-likeness (QED) is 0.522. The first-order valence-corrected chi connectivity index (χ1v) is 9.75. The molecule has 9 heteroatoms. The lowest BCUT2D eigenvalue weighted by Crippen LogP contribution is -2.37. The Labute approximate surface area is 172 Å². The van der Waals surface area contributed by atoms with E-state index in [4.69, 9.17) is 9.47 Å². The minimum Gasteiger partial charge on any atom is -0.496 e. The number of hydrogen-bond acceptors (Lipinski definition) is 6. The summed E-state index contributed by atoms with van der Waals surface area (Å²) in [6, 6.07) is 10.3. The topological polar surface area (TPSA) is 84.9 Å². The van der Waals surface area contributed by atoms with Gasteiger partial charge in [-0.25, -0.2) is 9.18 Å². The molecule has 0 radical (unpaired) electrons. The summed E-state index contributed by atoms with van der Waals surface area (Å²) < 4.78 is 23.1. The van der Waals surface area contributed by atoms with Crippen LogP contribution in [0.25, 0.3) is 0 Å². The third-order valence-electron chi connectivity index (χ3n) is 3.89. The Bertz CT molecular complexity index is 889. The maximum absolute atomic E-state index is 12.9. The van der Waals surface area contributed by atoms with Crippen molar-refractivity contribution in [2.45, 2.75) is 4.90 Å². The summed E-state index contributed by atoms with van der Waals surface area (Å²) in [6.45, 7) is -0.772. The van der Waals surface area contributed by atoms with Crippen molar-refractivity contribution < 1.29 is 28.2 Å². The standard InChI is InChI=1S/C20H21FN2O5S/c1-23(11-18(24)22-14-6-4-13(21)5-7-14)19(25)12-28-20(26)16-9-8-15(29-3)10-17(16)27-2/h4-10H,11-12H2,1-3H3,(H,22,24). The summed E-state index contributed by atoms with van der Waals surface area (Å²) in [6.07, 6.45) is 1.90. The van der Waals surface area contributed by atoms with E-state index in [0.29, 0.717) is 11.4 Å². The van der Waals surface area contributed by atoms with Crippen molar-refractivity contribution in [3.63, 3.8) is 0 Å². The number of likely N-dealkylation sites (N-methyl/N-ethyl adjacent to an activating group) is 1. The maximum Gasteiger partial charge on any atom is 0.342 e. The molecule has 0 aliphatic carbocycles. The molecule has 0 saturated heterocycles. The lowest BCUT2D eigenvalue weighted by atomic mass is 10.2. The summed E-state index contributed by atoms with van der Waals surface area (Å²) in [5.74, 6) is -1.79. The molecule has 2 rings (SSSR count). The summed E-state index contributed by atoms with van der Waals surface area (Å²) in [5, 5.41) is 2.55. The Kier molecular flexibility index (Phi) is 8.02. The first kappa shape index (κ1) is 22.2. The van der Waals surface area contributed by atoms with Gasteiger partial charge in [0.15, 0.2) is 6.61 Å². The number of carbonyl (C=O) groups is 3. The van der Waals surface area contributed by atoms with Crippen LogP contribution in [0.5, 0.6) is 5.75 Å². The number of rotatable bonds is 8. The molecule has 29 heavy (non-hydrogen) atoms. The molecule has 2 amide bonds. The highest BCUT2D eigenvalue weighted by Gasteiger charge is 2.18. The molecule has 0 spiro atoms. The lowest BCUT2D eigenvalue weighted by Gasteiger charge is -2.17. The summed E-state index contributed by atoms with van der Waals surface area (Å²) in [5.41, 5.74) is 0.610. The molecule has 2 aromatic carbocycles. The number of nitrogens with zero attached hydrogens (tertiary/aromatic N) is 1. The number of amides is 2. The molecule has 2 aromatic rings. The van der Waals surface area contributed by atoms with Crippen LogP contribution in [-0.4, -0.2) is 56.2 Å². The van der Waals surface area contributed by atoms with Crippen LogP contribution >= 0.6 is 11.8 Å². The first-order chi connectivity index (χ1) is 13.8. The van der Waals surface area contributed by atoms with Crippen molar-refractivity contribution in [3.8, 4) is 5.75 Å². The molecule has 0 unspecified atom stereocenters. The molecule has 0 atom stereocenters. The summed E-state index contributed by atoms with van der Waals surface area (Å²) in [7, 11) is 2.85. The third-order valence-corrected chi connectivity index (χ3v) is 4.62. The fourth-order valence-electron chi connectivity index (χ4n) is 2.32. The van der Waals surface area contributed by atoms with E-state index in [9.17, 15) is 18.8 Å². The van der Waals surface area contributed by atoms with E-state index in [1.807, 2.05) is 6.26 Å². The Morgan fingerprint density at radius 1 is 1.14 bits per heavy atom. The van der Waals surface area contributed by atoms with E-state index in [2.05, 4.69) is 5.32 Å². The van der Waals surface area contributed by atoms with Gasteiger partial charge in [-0.2, -0.15) is 0 Å². The molecule has 0 aliphatic rings. The average Bonchev–Trinajstić information content (AvgIpc) is 2.72. The van der Waals surface area contributed by atoms with Gasteiger partial charge < -0.3 is 19.7 Å². The number of ether oxygens (including phenoxy) is 2. The SMILES string of the molecule is COc1cc(SC)ccc1C(=O)OCC(=O)N(C)CC(=O)Nc1ccc(F)cc1. The van der Waals surface area contributed by atoms with Gasteiger partial charge >= 0.3 is 5.97 Å². The molecular formula is C20H21FN2O5S. The van der Waals surface area contributed by atoms with Gasteiger partial charge in [0.05, 0.1) is 13.7 Å². The Balaban J connectivity index is 1.87. The van der Waals surface area contributed by atoms with Crippen molar-refractivity contribution >= 4 is 35.2 Å². The fourth-order valence-corrected chi connectivity index (χ4v) is 2.75. The van der Waals surface area contributed by atoms with Gasteiger partial charge in [-0.15, -0.1) is 11.8 Å². The van der Waals surface area contributed by atoms with Crippen molar-refractivity contribution in [2.24, 2.45) is 0 Å². The second kappa shape index (κ2) is 10.5. The maximum atomic E-state index is 12.9. The molecule has 0 aliphatic heterocycles. The Morgan fingerprint density at radius 3 is 2.45 bits per heavy atom. The highest BCUT2D eigenvalue weighted by atomic mass is 32.2. The molecule has 7 nitrogen and oxygen atoms in total. The van der Waals surface area contributed by atoms with Gasteiger partial charge in [0, 0.05) is 17.6 Å². The van der Waals surface area contributed by atoms with Crippen molar-refractivity contribution in [2.75, 3.05) is 38.9 Å². The van der Waals surface area contributed by atoms with Gasteiger partial charge in [-0.05, 0) is 48.7 Å². The van der Waals surface area contributed by atoms with Gasteiger partial charge in [0.25, 0.3) is 5.91 Å². The highest BCUT2D eigenvalue weighted by molar-refractivity contribution is 7.98. The van der Waals surface area contributed by atoms with Crippen molar-refractivity contribution in [1.82, 2.24) is 4.90 Å². The number of esters is 1. The van der Waals surface area contributed by atoms with Crippen LogP contribution < -0.4 is 10.1 Å². The zero-order valence-electron chi connectivity index (χ0n) is 16.2. The molecule has 154 valence electrons. The first-order valence-electron chi connectivity index (χ1n) is 8.52. The van der Waals surface area contributed by atoms with Crippen LogP contribution in [0.1, 0.15) is 10.4 Å². The highest BCUT2D eigenvalue weighted by Crippen LogP contribution is 2.25. The van der Waals surface area contributed by atoms with E-state index in [0.717, 1.165) is 9.80 Å². The number of carbonyl (C=O) groups excluding carboxylic acids is 3. The Hall–Kier alpha value is -3.07. The van der Waals surface area contributed by atoms with E-state index in [1.54, 1.807) is 18.2 Å². The molecule has 1 N–H and O–H groups in total. The molecule has 0 heterocycles. The van der Waals surface area contributed by atoms with Crippen LogP contribution in [0.4, 0.5) is 10.1 Å². The normalized spacial score (nSPS) is 10.2. The van der Waals surface area contributed by atoms with E-state index in [1.165, 1.54) is 50.2 Å². The number of thioether (sulfide) groups is 1. The number of halogens is 1. The van der Waals surface area contributed by atoms with Crippen molar-refractivity contribution in [1.29, 1.82) is 0 Å². The summed E-state index contributed by atoms with van der Waals surface area (Å²) >= 11 is 1.50. The van der Waals surface area contributed by atoms with Gasteiger partial charge in [0.1, 0.15) is 17.1 Å². The molecule has 0 aromatic heterocycles.